The smallest absolute Gasteiger partial charge is 0.222 e. The van der Waals surface area contributed by atoms with Gasteiger partial charge in [-0.1, -0.05) is 25.7 Å². The molecule has 1 saturated heterocycles. The lowest BCUT2D eigenvalue weighted by Crippen LogP contribution is -2.47. The number of hydrogen-bond donors (Lipinski definition) is 2. The van der Waals surface area contributed by atoms with E-state index in [1.54, 1.807) is 0 Å². The van der Waals surface area contributed by atoms with Gasteiger partial charge in [-0.05, 0) is 31.7 Å². The van der Waals surface area contributed by atoms with E-state index in [-0.39, 0.29) is 11.8 Å². The van der Waals surface area contributed by atoms with Crippen LogP contribution in [-0.4, -0.2) is 18.5 Å². The second-order valence-electron chi connectivity index (χ2n) is 5.10. The third kappa shape index (κ3) is 2.71. The van der Waals surface area contributed by atoms with Crippen molar-refractivity contribution < 1.29 is 4.79 Å². The highest BCUT2D eigenvalue weighted by Gasteiger charge is 2.31. The predicted octanol–water partition coefficient (Wildman–Crippen LogP) is 1.42. The Balaban J connectivity index is 1.89. The van der Waals surface area contributed by atoms with Crippen LogP contribution in [0.3, 0.4) is 0 Å². The number of hydrogen-bond acceptors (Lipinski definition) is 2. The van der Waals surface area contributed by atoms with E-state index in [0.717, 1.165) is 31.7 Å². The molecule has 1 heterocycles. The summed E-state index contributed by atoms with van der Waals surface area (Å²) in [5, 5.41) is 3.48. The van der Waals surface area contributed by atoms with Gasteiger partial charge in [-0.3, -0.25) is 4.79 Å². The molecule has 1 aliphatic carbocycles. The molecule has 0 aromatic rings. The third-order valence-corrected chi connectivity index (χ3v) is 4.01. The van der Waals surface area contributed by atoms with Gasteiger partial charge in [0.05, 0.1) is 5.92 Å². The Morgan fingerprint density at radius 2 is 1.93 bits per heavy atom. The highest BCUT2D eigenvalue weighted by molar-refractivity contribution is 5.77. The molecule has 86 valence electrons. The minimum Gasteiger partial charge on any atom is -0.369 e. The van der Waals surface area contributed by atoms with E-state index in [1.165, 1.54) is 25.7 Å². The second kappa shape index (κ2) is 4.97. The molecule has 2 atom stereocenters. The number of nitrogens with two attached hydrogens (primary N) is 1. The molecule has 0 radical (unpaired) electrons. The molecule has 3 nitrogen and oxygen atoms in total. The normalized spacial score (nSPS) is 33.1. The Labute approximate surface area is 91.8 Å². The molecule has 2 aliphatic rings. The maximum Gasteiger partial charge on any atom is 0.222 e. The van der Waals surface area contributed by atoms with Gasteiger partial charge in [-0.15, -0.1) is 0 Å². The molecular weight excluding hydrogens is 188 g/mol. The second-order valence-corrected chi connectivity index (χ2v) is 5.10. The maximum atomic E-state index is 11.3. The minimum atomic E-state index is -0.106. The van der Waals surface area contributed by atoms with E-state index >= 15 is 0 Å². The topological polar surface area (TPSA) is 55.1 Å². The molecule has 2 rings (SSSR count). The van der Waals surface area contributed by atoms with Gasteiger partial charge in [0, 0.05) is 6.04 Å². The van der Waals surface area contributed by atoms with Crippen LogP contribution in [0, 0.1) is 11.8 Å². The number of amides is 1. The van der Waals surface area contributed by atoms with E-state index in [4.69, 9.17) is 5.73 Å². The van der Waals surface area contributed by atoms with E-state index in [1.807, 2.05) is 0 Å². The molecule has 0 spiro atoms. The lowest BCUT2D eigenvalue weighted by Gasteiger charge is -2.32. The molecule has 1 saturated carbocycles. The van der Waals surface area contributed by atoms with Crippen LogP contribution in [0.2, 0.25) is 0 Å². The first kappa shape index (κ1) is 10.9. The van der Waals surface area contributed by atoms with E-state index in [0.29, 0.717) is 6.04 Å². The predicted molar refractivity (Wildman–Crippen MR) is 60.3 cm³/mol. The Morgan fingerprint density at radius 3 is 2.60 bits per heavy atom. The Kier molecular flexibility index (Phi) is 3.62. The van der Waals surface area contributed by atoms with Gasteiger partial charge in [0.1, 0.15) is 0 Å². The Morgan fingerprint density at radius 1 is 1.20 bits per heavy atom. The van der Waals surface area contributed by atoms with Crippen LogP contribution in [0.1, 0.15) is 44.9 Å². The largest absolute Gasteiger partial charge is 0.369 e. The van der Waals surface area contributed by atoms with Crippen molar-refractivity contribution in [1.82, 2.24) is 5.32 Å². The summed E-state index contributed by atoms with van der Waals surface area (Å²) in [6.45, 7) is 1.06. The van der Waals surface area contributed by atoms with Gasteiger partial charge in [-0.2, -0.15) is 0 Å². The summed E-state index contributed by atoms with van der Waals surface area (Å²) >= 11 is 0. The zero-order valence-corrected chi connectivity index (χ0v) is 9.37. The van der Waals surface area contributed by atoms with E-state index in [2.05, 4.69) is 5.32 Å². The zero-order chi connectivity index (χ0) is 10.7. The van der Waals surface area contributed by atoms with Crippen molar-refractivity contribution in [2.75, 3.05) is 6.54 Å². The molecule has 1 amide bonds. The average Bonchev–Trinajstić information content (AvgIpc) is 2.71. The fourth-order valence-electron chi connectivity index (χ4n) is 3.15. The van der Waals surface area contributed by atoms with Crippen LogP contribution >= 0.6 is 0 Å². The highest BCUT2D eigenvalue weighted by Crippen LogP contribution is 2.31. The number of carbonyl (C=O) groups is 1. The first-order valence-electron chi connectivity index (χ1n) is 6.30. The molecule has 15 heavy (non-hydrogen) atoms. The number of nitrogens with one attached hydrogen (secondary N) is 1. The summed E-state index contributed by atoms with van der Waals surface area (Å²) in [7, 11) is 0. The van der Waals surface area contributed by atoms with Crippen LogP contribution in [-0.2, 0) is 4.79 Å². The quantitative estimate of drug-likeness (QED) is 0.740. The lowest BCUT2D eigenvalue weighted by molar-refractivity contribution is -0.123. The van der Waals surface area contributed by atoms with Crippen molar-refractivity contribution in [3.63, 3.8) is 0 Å². The molecule has 2 fully saturated rings. The number of carbonyl (C=O) groups excluding carboxylic acids is 1. The van der Waals surface area contributed by atoms with Gasteiger partial charge in [0.25, 0.3) is 0 Å². The molecule has 0 aromatic heterocycles. The third-order valence-electron chi connectivity index (χ3n) is 4.01. The van der Waals surface area contributed by atoms with Crippen molar-refractivity contribution >= 4 is 5.91 Å². The van der Waals surface area contributed by atoms with Crippen molar-refractivity contribution in [1.29, 1.82) is 0 Å². The maximum absolute atomic E-state index is 11.3. The summed E-state index contributed by atoms with van der Waals surface area (Å²) in [5.41, 5.74) is 5.45. The summed E-state index contributed by atoms with van der Waals surface area (Å²) in [6, 6.07) is 0.361. The van der Waals surface area contributed by atoms with Crippen LogP contribution < -0.4 is 11.1 Å². The molecular formula is C12H22N2O. The first-order valence-corrected chi connectivity index (χ1v) is 6.30. The monoisotopic (exact) mass is 210 g/mol. The van der Waals surface area contributed by atoms with Crippen LogP contribution in [0.15, 0.2) is 0 Å². The van der Waals surface area contributed by atoms with Gasteiger partial charge in [0.2, 0.25) is 5.91 Å². The minimum absolute atomic E-state index is 0.0827. The average molecular weight is 210 g/mol. The van der Waals surface area contributed by atoms with Crippen molar-refractivity contribution in [2.24, 2.45) is 17.6 Å². The van der Waals surface area contributed by atoms with E-state index in [9.17, 15) is 4.79 Å². The summed E-state index contributed by atoms with van der Waals surface area (Å²) < 4.78 is 0. The summed E-state index contributed by atoms with van der Waals surface area (Å²) in [4.78, 5) is 11.3. The van der Waals surface area contributed by atoms with Crippen LogP contribution in [0.25, 0.3) is 0 Å². The number of primary amides is 1. The Bertz CT molecular complexity index is 224. The SMILES string of the molecule is NC(=O)C1CCCNC1CC1CCCC1. The van der Waals surface area contributed by atoms with Gasteiger partial charge < -0.3 is 11.1 Å². The molecule has 0 aromatic carbocycles. The Hall–Kier alpha value is -0.570. The highest BCUT2D eigenvalue weighted by atomic mass is 16.1. The van der Waals surface area contributed by atoms with E-state index < -0.39 is 0 Å². The zero-order valence-electron chi connectivity index (χ0n) is 9.37. The van der Waals surface area contributed by atoms with Gasteiger partial charge in [0.15, 0.2) is 0 Å². The molecule has 3 heteroatoms. The van der Waals surface area contributed by atoms with Crippen molar-refractivity contribution in [3.05, 3.63) is 0 Å². The molecule has 3 N–H and O–H groups in total. The van der Waals surface area contributed by atoms with Gasteiger partial charge in [-0.25, -0.2) is 0 Å². The number of piperidine rings is 1. The molecule has 2 unspecified atom stereocenters. The fourth-order valence-corrected chi connectivity index (χ4v) is 3.15. The summed E-state index contributed by atoms with van der Waals surface area (Å²) in [5.74, 6) is 0.812. The molecule has 1 aliphatic heterocycles. The first-order chi connectivity index (χ1) is 7.27. The van der Waals surface area contributed by atoms with Crippen LogP contribution in [0.4, 0.5) is 0 Å². The number of rotatable bonds is 3. The fraction of sp³-hybridized carbons (Fsp3) is 0.917. The lowest BCUT2D eigenvalue weighted by atomic mass is 9.84. The van der Waals surface area contributed by atoms with Crippen molar-refractivity contribution in [3.8, 4) is 0 Å². The molecule has 0 bridgehead atoms. The van der Waals surface area contributed by atoms with Crippen LogP contribution in [0.5, 0.6) is 0 Å². The van der Waals surface area contributed by atoms with Crippen molar-refractivity contribution in [2.45, 2.75) is 51.0 Å². The summed E-state index contributed by atoms with van der Waals surface area (Å²) in [6.07, 6.45) is 8.69. The standard InChI is InChI=1S/C12H22N2O/c13-12(15)10-6-3-7-14-11(10)8-9-4-1-2-5-9/h9-11,14H,1-8H2,(H2,13,15). The van der Waals surface area contributed by atoms with Gasteiger partial charge >= 0.3 is 0 Å².